The Morgan fingerprint density at radius 2 is 2.00 bits per heavy atom. The summed E-state index contributed by atoms with van der Waals surface area (Å²) in [6.07, 6.45) is 9.56. The van der Waals surface area contributed by atoms with Gasteiger partial charge in [-0.1, -0.05) is 19.3 Å². The summed E-state index contributed by atoms with van der Waals surface area (Å²) in [4.78, 5) is 11.9. The van der Waals surface area contributed by atoms with Crippen LogP contribution in [0, 0.1) is 0 Å². The van der Waals surface area contributed by atoms with E-state index in [0.29, 0.717) is 10.5 Å². The Morgan fingerprint density at radius 1 is 1.26 bits per heavy atom. The SMILES string of the molecule is O=c1c(Br)cc(Br)cn1CCCNC1CCCCC1. The Bertz CT molecular complexity index is 467. The summed E-state index contributed by atoms with van der Waals surface area (Å²) in [5, 5.41) is 3.60. The number of aryl methyl sites for hydroxylation is 1. The van der Waals surface area contributed by atoms with E-state index in [1.54, 1.807) is 10.6 Å². The summed E-state index contributed by atoms with van der Waals surface area (Å²) in [5.74, 6) is 0. The fourth-order valence-corrected chi connectivity index (χ4v) is 3.85. The third kappa shape index (κ3) is 4.72. The normalized spacial score (nSPS) is 16.7. The Kier molecular flexibility index (Phi) is 6.10. The largest absolute Gasteiger partial charge is 0.314 e. The zero-order chi connectivity index (χ0) is 13.7. The summed E-state index contributed by atoms with van der Waals surface area (Å²) < 4.78 is 3.30. The van der Waals surface area contributed by atoms with Crippen molar-refractivity contribution < 1.29 is 0 Å². The molecule has 19 heavy (non-hydrogen) atoms. The van der Waals surface area contributed by atoms with Crippen LogP contribution in [0.3, 0.4) is 0 Å². The number of hydrogen-bond donors (Lipinski definition) is 1. The predicted molar refractivity (Wildman–Crippen MR) is 85.6 cm³/mol. The first kappa shape index (κ1) is 15.3. The highest BCUT2D eigenvalue weighted by atomic mass is 79.9. The standard InChI is InChI=1S/C14H20Br2N2O/c15-11-9-13(16)14(19)18(10-11)8-4-7-17-12-5-2-1-3-6-12/h9-10,12,17H,1-8H2. The minimum Gasteiger partial charge on any atom is -0.314 e. The Labute approximate surface area is 131 Å². The number of halogens is 2. The summed E-state index contributed by atoms with van der Waals surface area (Å²) in [6, 6.07) is 2.48. The molecule has 1 saturated carbocycles. The number of nitrogens with one attached hydrogen (secondary N) is 1. The van der Waals surface area contributed by atoms with Crippen LogP contribution < -0.4 is 10.9 Å². The molecule has 0 atom stereocenters. The predicted octanol–water partition coefficient (Wildman–Crippen LogP) is 3.69. The third-order valence-electron chi connectivity index (χ3n) is 3.62. The molecule has 2 rings (SSSR count). The van der Waals surface area contributed by atoms with E-state index in [1.807, 2.05) is 6.20 Å². The molecule has 106 valence electrons. The van der Waals surface area contributed by atoms with Gasteiger partial charge in [0.1, 0.15) is 0 Å². The Balaban J connectivity index is 1.78. The van der Waals surface area contributed by atoms with Crippen molar-refractivity contribution in [3.63, 3.8) is 0 Å². The van der Waals surface area contributed by atoms with Crippen LogP contribution in [-0.2, 0) is 6.54 Å². The highest BCUT2D eigenvalue weighted by molar-refractivity contribution is 9.11. The Hall–Kier alpha value is -0.130. The average Bonchev–Trinajstić information content (AvgIpc) is 2.41. The first-order valence-electron chi connectivity index (χ1n) is 6.95. The molecule has 0 amide bonds. The maximum atomic E-state index is 11.9. The van der Waals surface area contributed by atoms with Crippen LogP contribution in [0.4, 0.5) is 0 Å². The zero-order valence-corrected chi connectivity index (χ0v) is 14.2. The van der Waals surface area contributed by atoms with Gasteiger partial charge in [0.05, 0.1) is 4.47 Å². The molecule has 1 fully saturated rings. The molecule has 1 N–H and O–H groups in total. The van der Waals surface area contributed by atoms with Crippen LogP contribution in [0.25, 0.3) is 0 Å². The van der Waals surface area contributed by atoms with E-state index in [0.717, 1.165) is 24.0 Å². The van der Waals surface area contributed by atoms with Gasteiger partial charge in [-0.25, -0.2) is 0 Å². The number of rotatable bonds is 5. The lowest BCUT2D eigenvalue weighted by atomic mass is 9.95. The number of pyridine rings is 1. The Morgan fingerprint density at radius 3 is 2.74 bits per heavy atom. The van der Waals surface area contributed by atoms with Crippen molar-refractivity contribution in [3.05, 3.63) is 31.6 Å². The van der Waals surface area contributed by atoms with Crippen molar-refractivity contribution in [3.8, 4) is 0 Å². The maximum absolute atomic E-state index is 11.9. The van der Waals surface area contributed by atoms with Gasteiger partial charge in [0, 0.05) is 23.3 Å². The smallest absolute Gasteiger partial charge is 0.264 e. The van der Waals surface area contributed by atoms with Crippen molar-refractivity contribution >= 4 is 31.9 Å². The summed E-state index contributed by atoms with van der Waals surface area (Å²) in [7, 11) is 0. The van der Waals surface area contributed by atoms with Crippen molar-refractivity contribution in [1.82, 2.24) is 9.88 Å². The molecule has 1 aromatic heterocycles. The molecule has 0 spiro atoms. The second kappa shape index (κ2) is 7.60. The molecular formula is C14H20Br2N2O. The summed E-state index contributed by atoms with van der Waals surface area (Å²) in [5.41, 5.74) is 0.0425. The van der Waals surface area contributed by atoms with Gasteiger partial charge in [-0.3, -0.25) is 4.79 Å². The van der Waals surface area contributed by atoms with E-state index in [9.17, 15) is 4.79 Å². The van der Waals surface area contributed by atoms with Crippen molar-refractivity contribution in [2.75, 3.05) is 6.54 Å². The van der Waals surface area contributed by atoms with Crippen LogP contribution in [-0.4, -0.2) is 17.2 Å². The number of aromatic nitrogens is 1. The van der Waals surface area contributed by atoms with Gasteiger partial charge >= 0.3 is 0 Å². The van der Waals surface area contributed by atoms with Crippen molar-refractivity contribution in [2.45, 2.75) is 51.1 Å². The molecule has 0 unspecified atom stereocenters. The minimum absolute atomic E-state index is 0.0425. The lowest BCUT2D eigenvalue weighted by Crippen LogP contribution is -2.32. The van der Waals surface area contributed by atoms with E-state index < -0.39 is 0 Å². The third-order valence-corrected chi connectivity index (χ3v) is 4.62. The van der Waals surface area contributed by atoms with Gasteiger partial charge in [0.2, 0.25) is 0 Å². The van der Waals surface area contributed by atoms with Crippen molar-refractivity contribution in [1.29, 1.82) is 0 Å². The molecule has 0 saturated heterocycles. The summed E-state index contributed by atoms with van der Waals surface area (Å²) >= 11 is 6.70. The van der Waals surface area contributed by atoms with Gasteiger partial charge in [-0.15, -0.1) is 0 Å². The van der Waals surface area contributed by atoms with E-state index in [1.165, 1.54) is 32.1 Å². The summed E-state index contributed by atoms with van der Waals surface area (Å²) in [6.45, 7) is 1.75. The second-order valence-corrected chi connectivity index (χ2v) is 6.92. The first-order valence-corrected chi connectivity index (χ1v) is 8.54. The highest BCUT2D eigenvalue weighted by Gasteiger charge is 2.11. The lowest BCUT2D eigenvalue weighted by Gasteiger charge is -2.22. The van der Waals surface area contributed by atoms with E-state index in [2.05, 4.69) is 37.2 Å². The number of hydrogen-bond acceptors (Lipinski definition) is 2. The molecule has 5 heteroatoms. The maximum Gasteiger partial charge on any atom is 0.264 e. The molecule has 0 radical (unpaired) electrons. The van der Waals surface area contributed by atoms with Crippen LogP contribution in [0.1, 0.15) is 38.5 Å². The minimum atomic E-state index is 0.0425. The van der Waals surface area contributed by atoms with Gasteiger partial charge in [0.15, 0.2) is 0 Å². The van der Waals surface area contributed by atoms with Crippen LogP contribution in [0.5, 0.6) is 0 Å². The average molecular weight is 392 g/mol. The van der Waals surface area contributed by atoms with Gasteiger partial charge in [-0.05, 0) is 63.7 Å². The van der Waals surface area contributed by atoms with Crippen LogP contribution in [0.15, 0.2) is 26.0 Å². The van der Waals surface area contributed by atoms with Gasteiger partial charge in [-0.2, -0.15) is 0 Å². The molecule has 1 aliphatic rings. The molecule has 1 aromatic rings. The molecule has 0 bridgehead atoms. The molecular weight excluding hydrogens is 372 g/mol. The zero-order valence-electron chi connectivity index (χ0n) is 11.0. The van der Waals surface area contributed by atoms with Crippen LogP contribution in [0.2, 0.25) is 0 Å². The van der Waals surface area contributed by atoms with E-state index in [4.69, 9.17) is 0 Å². The van der Waals surface area contributed by atoms with E-state index in [-0.39, 0.29) is 5.56 Å². The fourth-order valence-electron chi connectivity index (χ4n) is 2.59. The van der Waals surface area contributed by atoms with Crippen LogP contribution >= 0.6 is 31.9 Å². The fraction of sp³-hybridized carbons (Fsp3) is 0.643. The number of nitrogens with zero attached hydrogens (tertiary/aromatic N) is 1. The van der Waals surface area contributed by atoms with Gasteiger partial charge < -0.3 is 9.88 Å². The topological polar surface area (TPSA) is 34.0 Å². The molecule has 3 nitrogen and oxygen atoms in total. The molecule has 1 heterocycles. The van der Waals surface area contributed by atoms with Crippen molar-refractivity contribution in [2.24, 2.45) is 0 Å². The highest BCUT2D eigenvalue weighted by Crippen LogP contribution is 2.17. The first-order chi connectivity index (χ1) is 9.16. The second-order valence-electron chi connectivity index (χ2n) is 5.15. The van der Waals surface area contributed by atoms with E-state index >= 15 is 0 Å². The molecule has 0 aliphatic heterocycles. The quantitative estimate of drug-likeness (QED) is 0.776. The monoisotopic (exact) mass is 390 g/mol. The lowest BCUT2D eigenvalue weighted by molar-refractivity contribution is 0.368. The van der Waals surface area contributed by atoms with Gasteiger partial charge in [0.25, 0.3) is 5.56 Å². The molecule has 1 aliphatic carbocycles. The molecule has 0 aromatic carbocycles.